The molecule has 4 nitrogen and oxygen atoms in total. The Balaban J connectivity index is 2.05. The van der Waals surface area contributed by atoms with Crippen molar-refractivity contribution in [2.45, 2.75) is 13.3 Å². The molecule has 0 aliphatic carbocycles. The monoisotopic (exact) mass is 341 g/mol. The van der Waals surface area contributed by atoms with Crippen LogP contribution in [-0.4, -0.2) is 5.91 Å². The summed E-state index contributed by atoms with van der Waals surface area (Å²) in [5.41, 5.74) is 15.2. The van der Waals surface area contributed by atoms with Crippen LogP contribution in [0.1, 0.15) is 18.1 Å². The summed E-state index contributed by atoms with van der Waals surface area (Å²) >= 11 is 6.07. The molecule has 124 valence electrons. The van der Waals surface area contributed by atoms with E-state index in [1.165, 1.54) is 6.20 Å². The molecule has 0 spiro atoms. The van der Waals surface area contributed by atoms with Gasteiger partial charge in [0.15, 0.2) is 0 Å². The zero-order valence-electron chi connectivity index (χ0n) is 13.4. The number of benzene rings is 2. The Bertz CT molecular complexity index is 775. The lowest BCUT2D eigenvalue weighted by Crippen LogP contribution is -2.14. The van der Waals surface area contributed by atoms with Crippen molar-refractivity contribution in [1.82, 2.24) is 0 Å². The molecule has 1 amide bonds. The van der Waals surface area contributed by atoms with Gasteiger partial charge < -0.3 is 16.8 Å². The Hall–Kier alpha value is -2.72. The van der Waals surface area contributed by atoms with Gasteiger partial charge in [0.05, 0.1) is 6.42 Å². The van der Waals surface area contributed by atoms with E-state index in [0.29, 0.717) is 16.4 Å². The Morgan fingerprint density at radius 3 is 2.42 bits per heavy atom. The first-order chi connectivity index (χ1) is 11.5. The number of carbonyl (C=O) groups excluding carboxylic acids is 1. The molecule has 0 radical (unpaired) electrons. The average molecular weight is 342 g/mol. The molecule has 5 N–H and O–H groups in total. The first-order valence-electron chi connectivity index (χ1n) is 7.49. The van der Waals surface area contributed by atoms with Gasteiger partial charge in [-0.2, -0.15) is 0 Å². The van der Waals surface area contributed by atoms with Crippen molar-refractivity contribution in [1.29, 1.82) is 0 Å². The minimum Gasteiger partial charge on any atom is -0.404 e. The van der Waals surface area contributed by atoms with E-state index in [2.05, 4.69) is 5.32 Å². The van der Waals surface area contributed by atoms with E-state index in [1.54, 1.807) is 19.1 Å². The Labute approximate surface area is 146 Å². The maximum absolute atomic E-state index is 12.1. The fourth-order valence-corrected chi connectivity index (χ4v) is 2.44. The summed E-state index contributed by atoms with van der Waals surface area (Å²) in [4.78, 5) is 12.1. The van der Waals surface area contributed by atoms with Crippen molar-refractivity contribution in [3.63, 3.8) is 0 Å². The number of rotatable bonds is 5. The van der Waals surface area contributed by atoms with Crippen molar-refractivity contribution < 1.29 is 4.79 Å². The van der Waals surface area contributed by atoms with E-state index in [-0.39, 0.29) is 12.3 Å². The minimum atomic E-state index is -0.122. The predicted octanol–water partition coefficient (Wildman–Crippen LogP) is 3.68. The number of hydrogen-bond donors (Lipinski definition) is 3. The molecular weight excluding hydrogens is 322 g/mol. The van der Waals surface area contributed by atoms with Gasteiger partial charge in [-0.3, -0.25) is 4.79 Å². The number of nitrogens with one attached hydrogen (secondary N) is 1. The summed E-state index contributed by atoms with van der Waals surface area (Å²) in [5.74, 6) is -0.122. The van der Waals surface area contributed by atoms with Crippen LogP contribution in [0.4, 0.5) is 5.69 Å². The van der Waals surface area contributed by atoms with E-state index in [9.17, 15) is 4.79 Å². The number of amides is 1. The molecule has 24 heavy (non-hydrogen) atoms. The minimum absolute atomic E-state index is 0.122. The fraction of sp³-hybridized carbons (Fsp3) is 0.105. The third-order valence-corrected chi connectivity index (χ3v) is 3.74. The molecule has 0 fully saturated rings. The summed E-state index contributed by atoms with van der Waals surface area (Å²) in [6.07, 6.45) is 3.52. The quantitative estimate of drug-likeness (QED) is 0.725. The zero-order valence-corrected chi connectivity index (χ0v) is 14.2. The highest BCUT2D eigenvalue weighted by Gasteiger charge is 2.07. The normalized spacial score (nSPS) is 12.1. The van der Waals surface area contributed by atoms with E-state index in [1.807, 2.05) is 42.5 Å². The van der Waals surface area contributed by atoms with Crippen LogP contribution in [0.3, 0.4) is 0 Å². The molecular formula is C19H20ClN3O. The second-order valence-corrected chi connectivity index (χ2v) is 5.81. The molecule has 0 atom stereocenters. The average Bonchev–Trinajstić information content (AvgIpc) is 2.55. The molecule has 0 unspecified atom stereocenters. The number of hydrogen-bond acceptors (Lipinski definition) is 3. The largest absolute Gasteiger partial charge is 0.404 e. The summed E-state index contributed by atoms with van der Waals surface area (Å²) in [6, 6.07) is 14.7. The van der Waals surface area contributed by atoms with Gasteiger partial charge in [0.2, 0.25) is 5.91 Å². The topological polar surface area (TPSA) is 81.1 Å². The van der Waals surface area contributed by atoms with Crippen LogP contribution < -0.4 is 16.8 Å². The Morgan fingerprint density at radius 2 is 1.83 bits per heavy atom. The lowest BCUT2D eigenvalue weighted by molar-refractivity contribution is -0.115. The molecule has 2 aromatic rings. The third-order valence-electron chi connectivity index (χ3n) is 3.37. The molecule has 0 heterocycles. The van der Waals surface area contributed by atoms with Crippen LogP contribution in [0.5, 0.6) is 0 Å². The van der Waals surface area contributed by atoms with Gasteiger partial charge in [-0.1, -0.05) is 41.9 Å². The van der Waals surface area contributed by atoms with Gasteiger partial charge in [-0.05, 0) is 47.9 Å². The van der Waals surface area contributed by atoms with Crippen LogP contribution in [0, 0.1) is 0 Å². The third kappa shape index (κ3) is 4.89. The Morgan fingerprint density at radius 1 is 1.17 bits per heavy atom. The number of halogens is 1. The Kier molecular flexibility index (Phi) is 6.04. The number of anilines is 1. The molecule has 0 saturated heterocycles. The molecule has 2 aromatic carbocycles. The van der Waals surface area contributed by atoms with Crippen LogP contribution in [0.2, 0.25) is 5.02 Å². The van der Waals surface area contributed by atoms with E-state index >= 15 is 0 Å². The molecule has 5 heteroatoms. The highest BCUT2D eigenvalue weighted by molar-refractivity contribution is 6.31. The molecule has 0 saturated carbocycles. The van der Waals surface area contributed by atoms with Crippen molar-refractivity contribution in [2.24, 2.45) is 11.5 Å². The van der Waals surface area contributed by atoms with Gasteiger partial charge >= 0.3 is 0 Å². The first-order valence-corrected chi connectivity index (χ1v) is 7.86. The second kappa shape index (κ2) is 8.22. The van der Waals surface area contributed by atoms with Crippen LogP contribution in [-0.2, 0) is 11.2 Å². The SMILES string of the molecule is C/C(N)=C/C(=C\N)c1ccc(NC(=O)Cc2ccccc2Cl)cc1. The summed E-state index contributed by atoms with van der Waals surface area (Å²) in [6.45, 7) is 1.80. The molecule has 0 aromatic heterocycles. The lowest BCUT2D eigenvalue weighted by atomic mass is 10.1. The van der Waals surface area contributed by atoms with Crippen LogP contribution in [0.25, 0.3) is 5.57 Å². The maximum Gasteiger partial charge on any atom is 0.228 e. The first kappa shape index (κ1) is 17.6. The fourth-order valence-electron chi connectivity index (χ4n) is 2.24. The van der Waals surface area contributed by atoms with Gasteiger partial charge in [0.25, 0.3) is 0 Å². The standard InChI is InChI=1S/C19H20ClN3O/c1-13(22)10-16(12-21)14-6-8-17(9-7-14)23-19(24)11-15-4-2-3-5-18(15)20/h2-10,12H,11,21-22H2,1H3,(H,23,24)/b13-10-,16-12+. The summed E-state index contributed by atoms with van der Waals surface area (Å²) in [5, 5.41) is 3.44. The zero-order chi connectivity index (χ0) is 17.5. The molecule has 0 aliphatic rings. The molecule has 0 bridgehead atoms. The number of nitrogens with two attached hydrogens (primary N) is 2. The number of carbonyl (C=O) groups is 1. The maximum atomic E-state index is 12.1. The van der Waals surface area contributed by atoms with Crippen molar-refractivity contribution in [3.8, 4) is 0 Å². The van der Waals surface area contributed by atoms with Crippen molar-refractivity contribution in [3.05, 3.63) is 82.7 Å². The van der Waals surface area contributed by atoms with Crippen LogP contribution in [0.15, 0.2) is 66.5 Å². The molecule has 0 aliphatic heterocycles. The highest BCUT2D eigenvalue weighted by Crippen LogP contribution is 2.20. The van der Waals surface area contributed by atoms with Gasteiger partial charge in [0.1, 0.15) is 0 Å². The van der Waals surface area contributed by atoms with E-state index in [4.69, 9.17) is 23.1 Å². The number of allylic oxidation sites excluding steroid dienone is 3. The van der Waals surface area contributed by atoms with E-state index in [0.717, 1.165) is 16.7 Å². The van der Waals surface area contributed by atoms with E-state index < -0.39 is 0 Å². The van der Waals surface area contributed by atoms with Crippen LogP contribution >= 0.6 is 11.6 Å². The van der Waals surface area contributed by atoms with Gasteiger partial charge in [-0.25, -0.2) is 0 Å². The smallest absolute Gasteiger partial charge is 0.228 e. The van der Waals surface area contributed by atoms with Crippen molar-refractivity contribution >= 4 is 28.8 Å². The second-order valence-electron chi connectivity index (χ2n) is 5.40. The lowest BCUT2D eigenvalue weighted by Gasteiger charge is -2.08. The molecule has 2 rings (SSSR count). The summed E-state index contributed by atoms with van der Waals surface area (Å²) < 4.78 is 0. The van der Waals surface area contributed by atoms with Crippen molar-refractivity contribution in [2.75, 3.05) is 5.32 Å². The highest BCUT2D eigenvalue weighted by atomic mass is 35.5. The van der Waals surface area contributed by atoms with Gasteiger partial charge in [-0.15, -0.1) is 0 Å². The predicted molar refractivity (Wildman–Crippen MR) is 100 cm³/mol. The van der Waals surface area contributed by atoms with Gasteiger partial charge in [0, 0.05) is 22.6 Å². The summed E-state index contributed by atoms with van der Waals surface area (Å²) in [7, 11) is 0.